The molecule has 0 aliphatic carbocycles. The molecule has 0 amide bonds. The largest absolute Gasteiger partial charge is 0.358 e. The third-order valence-corrected chi connectivity index (χ3v) is 6.01. The smallest absolute Gasteiger partial charge is 0.340 e. The summed E-state index contributed by atoms with van der Waals surface area (Å²) in [5.74, 6) is -0.0848. The maximum Gasteiger partial charge on any atom is 0.340 e. The summed E-state index contributed by atoms with van der Waals surface area (Å²) in [5.41, 5.74) is 2.09. The van der Waals surface area contributed by atoms with Crippen LogP contribution in [0.15, 0.2) is 70.7 Å². The van der Waals surface area contributed by atoms with Crippen molar-refractivity contribution in [2.75, 3.05) is 5.75 Å². The number of aryl methyl sites for hydroxylation is 1. The second-order valence-electron chi connectivity index (χ2n) is 6.17. The van der Waals surface area contributed by atoms with Crippen LogP contribution in [-0.2, 0) is 10.1 Å². The number of benzene rings is 2. The molecule has 0 aliphatic heterocycles. The Morgan fingerprint density at radius 2 is 1.79 bits per heavy atom. The molecule has 3 aromatic rings. The Hall–Kier alpha value is -2.89. The number of aromatic nitrogens is 2. The summed E-state index contributed by atoms with van der Waals surface area (Å²) in [6.07, 6.45) is 0. The van der Waals surface area contributed by atoms with E-state index in [0.29, 0.717) is 16.6 Å². The van der Waals surface area contributed by atoms with Crippen LogP contribution < -0.4 is 4.18 Å². The van der Waals surface area contributed by atoms with E-state index >= 15 is 0 Å². The van der Waals surface area contributed by atoms with E-state index in [2.05, 4.69) is 16.0 Å². The molecule has 1 atom stereocenters. The molecule has 148 valence electrons. The summed E-state index contributed by atoms with van der Waals surface area (Å²) in [5, 5.41) is 10.1. The normalized spacial score (nSPS) is 12.2. The first-order chi connectivity index (χ1) is 13.9. The lowest BCUT2D eigenvalue weighted by Crippen LogP contribution is -2.12. The first kappa shape index (κ1) is 20.8. The van der Waals surface area contributed by atoms with E-state index in [9.17, 15) is 13.7 Å². The zero-order valence-corrected chi connectivity index (χ0v) is 17.6. The quantitative estimate of drug-likeness (QED) is 0.316. The van der Waals surface area contributed by atoms with Crippen molar-refractivity contribution in [3.63, 3.8) is 0 Å². The van der Waals surface area contributed by atoms with Crippen molar-refractivity contribution in [3.8, 4) is 11.9 Å². The average molecular weight is 426 g/mol. The highest BCUT2D eigenvalue weighted by Crippen LogP contribution is 2.28. The van der Waals surface area contributed by atoms with Gasteiger partial charge < -0.3 is 4.18 Å². The summed E-state index contributed by atoms with van der Waals surface area (Å²) in [7, 11) is -4.06. The number of hydrogen-bond donors (Lipinski definition) is 0. The maximum atomic E-state index is 12.6. The molecule has 29 heavy (non-hydrogen) atoms. The number of rotatable bonds is 7. The molecular weight excluding hydrogens is 406 g/mol. The predicted octanol–water partition coefficient (Wildman–Crippen LogP) is 4.32. The summed E-state index contributed by atoms with van der Waals surface area (Å²) < 4.78 is 30.6. The molecule has 8 heteroatoms. The Labute approximate surface area is 174 Å². The van der Waals surface area contributed by atoms with Gasteiger partial charge in [0.15, 0.2) is 5.16 Å². The van der Waals surface area contributed by atoms with Crippen molar-refractivity contribution in [1.29, 1.82) is 5.26 Å². The summed E-state index contributed by atoms with van der Waals surface area (Å²) in [6, 6.07) is 19.2. The van der Waals surface area contributed by atoms with Gasteiger partial charge in [0, 0.05) is 6.07 Å². The number of nitriles is 1. The highest BCUT2D eigenvalue weighted by atomic mass is 32.2. The van der Waals surface area contributed by atoms with Crippen molar-refractivity contribution in [2.45, 2.75) is 29.8 Å². The predicted molar refractivity (Wildman–Crippen MR) is 111 cm³/mol. The van der Waals surface area contributed by atoms with E-state index < -0.39 is 16.0 Å². The van der Waals surface area contributed by atoms with Gasteiger partial charge in [0.05, 0.1) is 11.8 Å². The number of hydrogen-bond acceptors (Lipinski definition) is 7. The summed E-state index contributed by atoms with van der Waals surface area (Å²) >= 11 is 1.34. The fraction of sp³-hybridized carbons (Fsp3) is 0.190. The molecule has 0 radical (unpaired) electrons. The van der Waals surface area contributed by atoms with E-state index in [0.717, 1.165) is 11.1 Å². The fourth-order valence-electron chi connectivity index (χ4n) is 2.63. The lowest BCUT2D eigenvalue weighted by Gasteiger charge is -2.13. The molecule has 0 bridgehead atoms. The van der Waals surface area contributed by atoms with Gasteiger partial charge in [-0.15, -0.1) is 0 Å². The van der Waals surface area contributed by atoms with Gasteiger partial charge in [0.25, 0.3) is 0 Å². The topological polar surface area (TPSA) is 92.9 Å². The van der Waals surface area contributed by atoms with Crippen LogP contribution in [0.4, 0.5) is 0 Å². The Morgan fingerprint density at radius 3 is 2.41 bits per heavy atom. The zero-order chi connectivity index (χ0) is 20.9. The van der Waals surface area contributed by atoms with Gasteiger partial charge in [0.2, 0.25) is 5.88 Å². The first-order valence-corrected chi connectivity index (χ1v) is 11.3. The number of nitrogens with zero attached hydrogens (tertiary/aromatic N) is 3. The standard InChI is InChI=1S/C21H19N3O3S2/c1-3-28-21-23-19(18(14-22)16-7-5-4-6-8-16)13-20(24-21)27-29(25,26)17-11-9-15(2)10-12-17/h4-13,18H,3H2,1-2H3. The molecule has 0 spiro atoms. The maximum absolute atomic E-state index is 12.6. The molecular formula is C21H19N3O3S2. The van der Waals surface area contributed by atoms with Crippen LogP contribution >= 0.6 is 11.8 Å². The second kappa shape index (κ2) is 9.07. The van der Waals surface area contributed by atoms with E-state index in [-0.39, 0.29) is 10.8 Å². The average Bonchev–Trinajstić information content (AvgIpc) is 2.69. The SMILES string of the molecule is CCSc1nc(OS(=O)(=O)c2ccc(C)cc2)cc(C(C#N)c2ccccc2)n1. The third kappa shape index (κ3) is 5.13. The Morgan fingerprint density at radius 1 is 1.10 bits per heavy atom. The van der Waals surface area contributed by atoms with Crippen molar-refractivity contribution < 1.29 is 12.6 Å². The van der Waals surface area contributed by atoms with E-state index in [1.54, 1.807) is 12.1 Å². The molecule has 0 fully saturated rings. The molecule has 1 heterocycles. The summed E-state index contributed by atoms with van der Waals surface area (Å²) in [4.78, 5) is 8.68. The minimum Gasteiger partial charge on any atom is -0.358 e. The Bertz CT molecular complexity index is 1130. The molecule has 0 N–H and O–H groups in total. The van der Waals surface area contributed by atoms with Gasteiger partial charge in [0.1, 0.15) is 10.8 Å². The lowest BCUT2D eigenvalue weighted by atomic mass is 9.97. The molecule has 1 unspecified atom stereocenters. The molecule has 1 aromatic heterocycles. The van der Waals surface area contributed by atoms with Gasteiger partial charge in [-0.3, -0.25) is 0 Å². The van der Waals surface area contributed by atoms with Gasteiger partial charge in [-0.25, -0.2) is 4.98 Å². The first-order valence-electron chi connectivity index (χ1n) is 8.90. The van der Waals surface area contributed by atoms with Gasteiger partial charge in [-0.1, -0.05) is 66.7 Å². The monoisotopic (exact) mass is 425 g/mol. The van der Waals surface area contributed by atoms with Crippen LogP contribution in [0.5, 0.6) is 5.88 Å². The zero-order valence-electron chi connectivity index (χ0n) is 15.9. The van der Waals surface area contributed by atoms with Crippen LogP contribution in [0.2, 0.25) is 0 Å². The minimum atomic E-state index is -4.06. The van der Waals surface area contributed by atoms with Crippen LogP contribution in [0.3, 0.4) is 0 Å². The van der Waals surface area contributed by atoms with E-state index in [1.165, 1.54) is 30.0 Å². The summed E-state index contributed by atoms with van der Waals surface area (Å²) in [6.45, 7) is 3.80. The second-order valence-corrected chi connectivity index (χ2v) is 8.95. The fourth-order valence-corrected chi connectivity index (χ4v) is 4.09. The Kier molecular flexibility index (Phi) is 6.52. The molecule has 0 saturated carbocycles. The van der Waals surface area contributed by atoms with Gasteiger partial charge >= 0.3 is 10.1 Å². The van der Waals surface area contributed by atoms with Crippen molar-refractivity contribution >= 4 is 21.9 Å². The highest BCUT2D eigenvalue weighted by molar-refractivity contribution is 7.99. The van der Waals surface area contributed by atoms with E-state index in [1.807, 2.05) is 44.2 Å². The molecule has 6 nitrogen and oxygen atoms in total. The molecule has 2 aromatic carbocycles. The number of thioether (sulfide) groups is 1. The molecule has 0 saturated heterocycles. The lowest BCUT2D eigenvalue weighted by molar-refractivity contribution is 0.470. The van der Waals surface area contributed by atoms with Crippen LogP contribution in [-0.4, -0.2) is 24.1 Å². The van der Waals surface area contributed by atoms with Crippen molar-refractivity contribution in [1.82, 2.24) is 9.97 Å². The van der Waals surface area contributed by atoms with Crippen molar-refractivity contribution in [2.24, 2.45) is 0 Å². The molecule has 0 aliphatic rings. The van der Waals surface area contributed by atoms with Gasteiger partial charge in [-0.2, -0.15) is 18.7 Å². The van der Waals surface area contributed by atoms with Gasteiger partial charge in [-0.05, 0) is 30.4 Å². The van der Waals surface area contributed by atoms with E-state index in [4.69, 9.17) is 4.18 Å². The van der Waals surface area contributed by atoms with Crippen LogP contribution in [0, 0.1) is 18.3 Å². The molecule has 3 rings (SSSR count). The third-order valence-electron chi connectivity index (χ3n) is 4.04. The van der Waals surface area contributed by atoms with Crippen LogP contribution in [0.25, 0.3) is 0 Å². The Balaban J connectivity index is 2.01. The van der Waals surface area contributed by atoms with Crippen LogP contribution in [0.1, 0.15) is 29.7 Å². The highest BCUT2D eigenvalue weighted by Gasteiger charge is 2.22. The van der Waals surface area contributed by atoms with Crippen molar-refractivity contribution in [3.05, 3.63) is 77.5 Å². The minimum absolute atomic E-state index is 0.0350.